The summed E-state index contributed by atoms with van der Waals surface area (Å²) in [6.45, 7) is 6.31. The zero-order valence-corrected chi connectivity index (χ0v) is 18.7. The van der Waals surface area contributed by atoms with Crippen molar-refractivity contribution in [3.8, 4) is 17.1 Å². The van der Waals surface area contributed by atoms with Crippen LogP contribution in [0.2, 0.25) is 0 Å². The minimum atomic E-state index is 0.0212. The van der Waals surface area contributed by atoms with E-state index in [0.29, 0.717) is 10.9 Å². The van der Waals surface area contributed by atoms with Crippen LogP contribution in [-0.4, -0.2) is 37.5 Å². The Morgan fingerprint density at radius 2 is 1.83 bits per heavy atom. The summed E-state index contributed by atoms with van der Waals surface area (Å²) in [6, 6.07) is 12.2. The van der Waals surface area contributed by atoms with Gasteiger partial charge in [-0.1, -0.05) is 55.6 Å². The first-order valence-corrected chi connectivity index (χ1v) is 11.4. The molecule has 0 spiro atoms. The number of benzene rings is 1. The highest BCUT2D eigenvalue weighted by Crippen LogP contribution is 2.27. The van der Waals surface area contributed by atoms with E-state index < -0.39 is 0 Å². The van der Waals surface area contributed by atoms with Crippen LogP contribution in [0.4, 0.5) is 0 Å². The van der Waals surface area contributed by atoms with Crippen LogP contribution in [0.3, 0.4) is 0 Å². The van der Waals surface area contributed by atoms with E-state index in [-0.39, 0.29) is 11.9 Å². The Balaban J connectivity index is 1.75. The van der Waals surface area contributed by atoms with Gasteiger partial charge in [0.05, 0.1) is 5.75 Å². The second-order valence-electron chi connectivity index (χ2n) is 7.47. The molecule has 30 heavy (non-hydrogen) atoms. The lowest BCUT2D eigenvalue weighted by molar-refractivity contribution is -0.119. The average molecular weight is 424 g/mol. The van der Waals surface area contributed by atoms with Crippen LogP contribution < -0.4 is 5.32 Å². The van der Waals surface area contributed by atoms with E-state index in [4.69, 9.17) is 0 Å². The fourth-order valence-electron chi connectivity index (χ4n) is 3.20. The van der Waals surface area contributed by atoms with Crippen LogP contribution >= 0.6 is 11.8 Å². The number of amides is 1. The Hall–Kier alpha value is -2.67. The van der Waals surface area contributed by atoms with Gasteiger partial charge in [-0.25, -0.2) is 0 Å². The number of carbonyl (C=O) groups is 1. The van der Waals surface area contributed by atoms with Crippen molar-refractivity contribution in [3.05, 3.63) is 54.4 Å². The molecule has 0 aliphatic carbocycles. The highest BCUT2D eigenvalue weighted by molar-refractivity contribution is 7.99. The summed E-state index contributed by atoms with van der Waals surface area (Å²) < 4.78 is 2.00. The molecule has 6 nitrogen and oxygen atoms in total. The number of unbranched alkanes of at least 4 members (excludes halogenated alkanes) is 2. The quantitative estimate of drug-likeness (QED) is 0.374. The molecule has 1 N–H and O–H groups in total. The molecule has 0 saturated carbocycles. The zero-order chi connectivity index (χ0) is 21.3. The number of rotatable bonds is 10. The summed E-state index contributed by atoms with van der Waals surface area (Å²) in [7, 11) is 0. The first kappa shape index (κ1) is 22.0. The van der Waals surface area contributed by atoms with Crippen molar-refractivity contribution in [1.29, 1.82) is 0 Å². The third-order valence-corrected chi connectivity index (χ3v) is 5.77. The monoisotopic (exact) mass is 423 g/mol. The molecule has 3 rings (SSSR count). The van der Waals surface area contributed by atoms with E-state index in [0.717, 1.165) is 29.9 Å². The van der Waals surface area contributed by atoms with Crippen molar-refractivity contribution in [2.75, 3.05) is 5.75 Å². The molecule has 7 heteroatoms. The zero-order valence-electron chi connectivity index (χ0n) is 17.8. The molecule has 0 radical (unpaired) electrons. The number of hydrogen-bond donors (Lipinski definition) is 1. The molecule has 0 saturated heterocycles. The Bertz CT molecular complexity index is 940. The number of hydrogen-bond acceptors (Lipinski definition) is 5. The lowest BCUT2D eigenvalue weighted by Crippen LogP contribution is -2.33. The molecule has 1 unspecified atom stereocenters. The van der Waals surface area contributed by atoms with Crippen molar-refractivity contribution >= 4 is 17.7 Å². The summed E-state index contributed by atoms with van der Waals surface area (Å²) >= 11 is 1.40. The minimum Gasteiger partial charge on any atom is -0.353 e. The van der Waals surface area contributed by atoms with Gasteiger partial charge in [0.1, 0.15) is 0 Å². The van der Waals surface area contributed by atoms with Gasteiger partial charge in [-0.05, 0) is 44.5 Å². The van der Waals surface area contributed by atoms with E-state index in [1.807, 2.05) is 28.8 Å². The summed E-state index contributed by atoms with van der Waals surface area (Å²) in [5, 5.41) is 12.6. The molecule has 158 valence electrons. The van der Waals surface area contributed by atoms with Gasteiger partial charge in [-0.15, -0.1) is 10.2 Å². The van der Waals surface area contributed by atoms with Crippen LogP contribution in [0.15, 0.2) is 53.9 Å². The van der Waals surface area contributed by atoms with E-state index in [1.165, 1.54) is 30.2 Å². The fourth-order valence-corrected chi connectivity index (χ4v) is 3.96. The van der Waals surface area contributed by atoms with Gasteiger partial charge in [0.2, 0.25) is 5.91 Å². The topological polar surface area (TPSA) is 72.7 Å². The summed E-state index contributed by atoms with van der Waals surface area (Å²) in [5.74, 6) is 1.06. The molecule has 1 amide bonds. The average Bonchev–Trinajstić information content (AvgIpc) is 3.17. The van der Waals surface area contributed by atoms with Crippen LogP contribution in [0.25, 0.3) is 17.1 Å². The fraction of sp³-hybridized carbons (Fsp3) is 0.391. The van der Waals surface area contributed by atoms with Gasteiger partial charge in [0, 0.05) is 29.7 Å². The number of thioether (sulfide) groups is 1. The van der Waals surface area contributed by atoms with Gasteiger partial charge in [-0.3, -0.25) is 14.3 Å². The number of aromatic nitrogens is 4. The first-order valence-electron chi connectivity index (χ1n) is 10.4. The second kappa shape index (κ2) is 10.9. The van der Waals surface area contributed by atoms with Crippen molar-refractivity contribution < 1.29 is 4.79 Å². The molecule has 0 bridgehead atoms. The van der Waals surface area contributed by atoms with Crippen LogP contribution in [0.5, 0.6) is 0 Å². The summed E-state index contributed by atoms with van der Waals surface area (Å²) in [6.07, 6.45) is 8.02. The van der Waals surface area contributed by atoms with Gasteiger partial charge < -0.3 is 5.32 Å². The van der Waals surface area contributed by atoms with E-state index in [9.17, 15) is 4.79 Å². The largest absolute Gasteiger partial charge is 0.353 e. The minimum absolute atomic E-state index is 0.0212. The molecule has 2 heterocycles. The lowest BCUT2D eigenvalue weighted by Gasteiger charge is -2.14. The lowest BCUT2D eigenvalue weighted by atomic mass is 10.1. The van der Waals surface area contributed by atoms with E-state index in [2.05, 4.69) is 53.4 Å². The number of aryl methyl sites for hydroxylation is 1. The smallest absolute Gasteiger partial charge is 0.230 e. The van der Waals surface area contributed by atoms with Gasteiger partial charge in [0.15, 0.2) is 11.0 Å². The van der Waals surface area contributed by atoms with Crippen molar-refractivity contribution in [1.82, 2.24) is 25.1 Å². The maximum absolute atomic E-state index is 12.4. The van der Waals surface area contributed by atoms with Gasteiger partial charge in [0.25, 0.3) is 0 Å². The van der Waals surface area contributed by atoms with Crippen molar-refractivity contribution in [2.24, 2.45) is 0 Å². The second-order valence-corrected chi connectivity index (χ2v) is 8.41. The first-order chi connectivity index (χ1) is 14.6. The predicted octanol–water partition coefficient (Wildman–Crippen LogP) is 4.81. The number of nitrogens with zero attached hydrogens (tertiary/aromatic N) is 4. The standard InChI is InChI=1S/C23H29N5OS/c1-4-5-6-7-18(3)25-21(29)16-30-23-27-26-22(19-12-14-24-15-13-19)28(23)20-10-8-17(2)9-11-20/h8-15,18H,4-7,16H2,1-3H3,(H,25,29). The van der Waals surface area contributed by atoms with E-state index >= 15 is 0 Å². The molecule has 3 aromatic rings. The Labute approximate surface area is 182 Å². The third kappa shape index (κ3) is 5.92. The molecule has 1 aromatic carbocycles. The molecular weight excluding hydrogens is 394 g/mol. The molecule has 0 fully saturated rings. The Kier molecular flexibility index (Phi) is 8.02. The summed E-state index contributed by atoms with van der Waals surface area (Å²) in [4.78, 5) is 16.5. The molecule has 1 atom stereocenters. The Morgan fingerprint density at radius 3 is 2.53 bits per heavy atom. The van der Waals surface area contributed by atoms with Crippen LogP contribution in [0.1, 0.15) is 45.1 Å². The SMILES string of the molecule is CCCCCC(C)NC(=O)CSc1nnc(-c2ccncc2)n1-c1ccc(C)cc1. The normalized spacial score (nSPS) is 12.0. The molecular formula is C23H29N5OS. The highest BCUT2D eigenvalue weighted by atomic mass is 32.2. The Morgan fingerprint density at radius 1 is 1.10 bits per heavy atom. The molecule has 2 aromatic heterocycles. The van der Waals surface area contributed by atoms with Gasteiger partial charge >= 0.3 is 0 Å². The predicted molar refractivity (Wildman–Crippen MR) is 122 cm³/mol. The van der Waals surface area contributed by atoms with Crippen molar-refractivity contribution in [3.63, 3.8) is 0 Å². The number of pyridine rings is 1. The van der Waals surface area contributed by atoms with Gasteiger partial charge in [-0.2, -0.15) is 0 Å². The summed E-state index contributed by atoms with van der Waals surface area (Å²) in [5.41, 5.74) is 3.08. The maximum Gasteiger partial charge on any atom is 0.230 e. The molecule has 0 aliphatic heterocycles. The maximum atomic E-state index is 12.4. The third-order valence-electron chi connectivity index (χ3n) is 4.84. The van der Waals surface area contributed by atoms with Crippen molar-refractivity contribution in [2.45, 2.75) is 57.7 Å². The number of carbonyl (C=O) groups excluding carboxylic acids is 1. The number of nitrogens with one attached hydrogen (secondary N) is 1. The molecule has 0 aliphatic rings. The van der Waals surface area contributed by atoms with Crippen LogP contribution in [0, 0.1) is 6.92 Å². The van der Waals surface area contributed by atoms with Crippen LogP contribution in [-0.2, 0) is 4.79 Å². The van der Waals surface area contributed by atoms with E-state index in [1.54, 1.807) is 12.4 Å². The highest BCUT2D eigenvalue weighted by Gasteiger charge is 2.17.